The van der Waals surface area contributed by atoms with Gasteiger partial charge in [0.1, 0.15) is 0 Å². The Labute approximate surface area is 146 Å². The molecule has 0 radical (unpaired) electrons. The van der Waals surface area contributed by atoms with Crippen LogP contribution in [0.5, 0.6) is 0 Å². The number of nitrogens with one attached hydrogen (secondary N) is 1. The number of hydrazine groups is 1. The van der Waals surface area contributed by atoms with E-state index in [4.69, 9.17) is 29.0 Å². The molecule has 0 amide bonds. The van der Waals surface area contributed by atoms with Crippen LogP contribution in [0.4, 0.5) is 5.95 Å². The second-order valence-electron chi connectivity index (χ2n) is 5.28. The van der Waals surface area contributed by atoms with Gasteiger partial charge in [-0.3, -0.25) is 23.9 Å². The molecular formula is C14H14Cl2N6O2. The molecule has 3 N–H and O–H groups in total. The number of rotatable bonds is 3. The summed E-state index contributed by atoms with van der Waals surface area (Å²) in [5.41, 5.74) is 2.73. The Hall–Kier alpha value is -2.29. The average molecular weight is 369 g/mol. The van der Waals surface area contributed by atoms with Gasteiger partial charge in [-0.2, -0.15) is 4.98 Å². The van der Waals surface area contributed by atoms with Crippen LogP contribution in [0.3, 0.4) is 0 Å². The van der Waals surface area contributed by atoms with E-state index in [1.807, 2.05) is 0 Å². The van der Waals surface area contributed by atoms with Crippen molar-refractivity contribution >= 4 is 40.3 Å². The summed E-state index contributed by atoms with van der Waals surface area (Å²) >= 11 is 12.1. The number of imidazole rings is 1. The zero-order valence-electron chi connectivity index (χ0n) is 12.9. The van der Waals surface area contributed by atoms with Crippen LogP contribution in [0, 0.1) is 0 Å². The summed E-state index contributed by atoms with van der Waals surface area (Å²) in [5.74, 6) is 5.77. The lowest BCUT2D eigenvalue weighted by Crippen LogP contribution is -2.37. The van der Waals surface area contributed by atoms with Crippen LogP contribution in [0.1, 0.15) is 5.56 Å². The first-order chi connectivity index (χ1) is 11.3. The summed E-state index contributed by atoms with van der Waals surface area (Å²) in [6.07, 6.45) is 0. The fraction of sp³-hybridized carbons (Fsp3) is 0.214. The zero-order valence-corrected chi connectivity index (χ0v) is 14.4. The number of anilines is 1. The molecule has 0 aliphatic heterocycles. The minimum absolute atomic E-state index is 0.236. The number of nitrogens with two attached hydrogens (primary N) is 1. The minimum atomic E-state index is -0.467. The average Bonchev–Trinajstić information content (AvgIpc) is 2.92. The van der Waals surface area contributed by atoms with Crippen LogP contribution in [0.15, 0.2) is 27.8 Å². The van der Waals surface area contributed by atoms with Gasteiger partial charge in [0, 0.05) is 24.1 Å². The number of nitrogen functional groups attached to an aromatic ring is 1. The number of aromatic nitrogens is 4. The molecule has 1 aromatic carbocycles. The maximum Gasteiger partial charge on any atom is 0.332 e. The van der Waals surface area contributed by atoms with Crippen LogP contribution < -0.4 is 22.5 Å². The van der Waals surface area contributed by atoms with Gasteiger partial charge in [0.25, 0.3) is 5.56 Å². The molecule has 0 saturated heterocycles. The van der Waals surface area contributed by atoms with Crippen molar-refractivity contribution in [1.29, 1.82) is 0 Å². The van der Waals surface area contributed by atoms with Gasteiger partial charge in [-0.1, -0.05) is 29.3 Å². The number of fused-ring (bicyclic) bond motifs is 1. The van der Waals surface area contributed by atoms with E-state index in [9.17, 15) is 9.59 Å². The summed E-state index contributed by atoms with van der Waals surface area (Å²) in [5, 5.41) is 0.962. The van der Waals surface area contributed by atoms with E-state index in [1.165, 1.54) is 18.7 Å². The van der Waals surface area contributed by atoms with E-state index in [2.05, 4.69) is 10.4 Å². The first-order valence-electron chi connectivity index (χ1n) is 6.92. The molecule has 3 aromatic rings. The highest BCUT2D eigenvalue weighted by Gasteiger charge is 2.19. The minimum Gasteiger partial charge on any atom is -0.299 e. The number of aryl methyl sites for hydroxylation is 1. The summed E-state index contributed by atoms with van der Waals surface area (Å²) in [6, 6.07) is 5.06. The van der Waals surface area contributed by atoms with Gasteiger partial charge in [0.05, 0.1) is 6.54 Å². The molecule has 0 aliphatic rings. The SMILES string of the molecule is Cn1c(=O)c2c(nc(NN)n2Cc2ccc(Cl)cc2Cl)n(C)c1=O. The second-order valence-corrected chi connectivity index (χ2v) is 6.12. The lowest BCUT2D eigenvalue weighted by atomic mass is 10.2. The highest BCUT2D eigenvalue weighted by atomic mass is 35.5. The molecule has 24 heavy (non-hydrogen) atoms. The van der Waals surface area contributed by atoms with Gasteiger partial charge in [0.15, 0.2) is 11.2 Å². The lowest BCUT2D eigenvalue weighted by molar-refractivity contribution is 0.702. The van der Waals surface area contributed by atoms with Crippen molar-refractivity contribution in [3.63, 3.8) is 0 Å². The predicted octanol–water partition coefficient (Wildman–Crippen LogP) is 1.07. The quantitative estimate of drug-likeness (QED) is 0.532. The number of hydrogen-bond donors (Lipinski definition) is 2. The highest BCUT2D eigenvalue weighted by Crippen LogP contribution is 2.24. The summed E-state index contributed by atoms with van der Waals surface area (Å²) in [4.78, 5) is 28.8. The number of hydrogen-bond acceptors (Lipinski definition) is 5. The number of benzene rings is 1. The summed E-state index contributed by atoms with van der Waals surface area (Å²) < 4.78 is 3.88. The molecule has 0 atom stereocenters. The Morgan fingerprint density at radius 1 is 1.21 bits per heavy atom. The van der Waals surface area contributed by atoms with Crippen molar-refractivity contribution in [1.82, 2.24) is 18.7 Å². The Balaban J connectivity index is 2.31. The second kappa shape index (κ2) is 5.97. The van der Waals surface area contributed by atoms with Gasteiger partial charge in [0.2, 0.25) is 5.95 Å². The molecule has 0 aliphatic carbocycles. The largest absolute Gasteiger partial charge is 0.332 e. The van der Waals surface area contributed by atoms with Crippen LogP contribution in [0.2, 0.25) is 10.0 Å². The molecule has 0 fully saturated rings. The maximum atomic E-state index is 12.5. The zero-order chi connectivity index (χ0) is 17.6. The molecule has 0 spiro atoms. The van der Waals surface area contributed by atoms with Crippen molar-refractivity contribution in [2.75, 3.05) is 5.43 Å². The molecule has 0 unspecified atom stereocenters. The van der Waals surface area contributed by atoms with Crippen LogP contribution >= 0.6 is 23.2 Å². The van der Waals surface area contributed by atoms with Gasteiger partial charge in [-0.15, -0.1) is 0 Å². The number of halogens is 2. The van der Waals surface area contributed by atoms with Crippen molar-refractivity contribution < 1.29 is 0 Å². The topological polar surface area (TPSA) is 99.9 Å². The van der Waals surface area contributed by atoms with Gasteiger partial charge in [-0.05, 0) is 17.7 Å². The highest BCUT2D eigenvalue weighted by molar-refractivity contribution is 6.35. The van der Waals surface area contributed by atoms with E-state index in [0.29, 0.717) is 10.0 Å². The van der Waals surface area contributed by atoms with Crippen molar-refractivity contribution in [3.05, 3.63) is 54.6 Å². The molecule has 126 valence electrons. The standard InChI is InChI=1S/C14H14Cl2N6O2/c1-20-11-10(12(23)21(2)14(20)24)22(13(18-11)19-17)6-7-3-4-8(15)5-9(7)16/h3-5H,6,17H2,1-2H3,(H,18,19). The van der Waals surface area contributed by atoms with E-state index >= 15 is 0 Å². The van der Waals surface area contributed by atoms with E-state index in [0.717, 1.165) is 10.1 Å². The first-order valence-corrected chi connectivity index (χ1v) is 7.67. The van der Waals surface area contributed by atoms with E-state index < -0.39 is 11.2 Å². The summed E-state index contributed by atoms with van der Waals surface area (Å²) in [7, 11) is 2.95. The molecule has 0 saturated carbocycles. The van der Waals surface area contributed by atoms with Gasteiger partial charge >= 0.3 is 5.69 Å². The Kier molecular flexibility index (Phi) is 4.12. The lowest BCUT2D eigenvalue weighted by Gasteiger charge is -2.10. The molecular weight excluding hydrogens is 355 g/mol. The monoisotopic (exact) mass is 368 g/mol. The third-order valence-electron chi connectivity index (χ3n) is 3.82. The molecule has 0 bridgehead atoms. The Bertz CT molecular complexity index is 1070. The van der Waals surface area contributed by atoms with Gasteiger partial charge < -0.3 is 0 Å². The third kappa shape index (κ3) is 2.48. The molecule has 8 nitrogen and oxygen atoms in total. The van der Waals surface area contributed by atoms with Crippen LogP contribution in [-0.2, 0) is 20.6 Å². The Morgan fingerprint density at radius 2 is 1.92 bits per heavy atom. The van der Waals surface area contributed by atoms with Gasteiger partial charge in [-0.25, -0.2) is 10.6 Å². The van der Waals surface area contributed by atoms with Crippen molar-refractivity contribution in [3.8, 4) is 0 Å². The summed E-state index contributed by atoms with van der Waals surface area (Å²) in [6.45, 7) is 0.236. The normalized spacial score (nSPS) is 11.2. The maximum absolute atomic E-state index is 12.5. The molecule has 2 heterocycles. The Morgan fingerprint density at radius 3 is 2.54 bits per heavy atom. The smallest absolute Gasteiger partial charge is 0.299 e. The first kappa shape index (κ1) is 16.6. The fourth-order valence-corrected chi connectivity index (χ4v) is 3.00. The number of nitrogens with zero attached hydrogens (tertiary/aromatic N) is 4. The predicted molar refractivity (Wildman–Crippen MR) is 93.6 cm³/mol. The van der Waals surface area contributed by atoms with E-state index in [-0.39, 0.29) is 23.7 Å². The molecule has 10 heteroatoms. The van der Waals surface area contributed by atoms with Crippen LogP contribution in [-0.4, -0.2) is 18.7 Å². The molecule has 3 rings (SSSR count). The molecule has 2 aromatic heterocycles. The van der Waals surface area contributed by atoms with Crippen molar-refractivity contribution in [2.24, 2.45) is 19.9 Å². The fourth-order valence-electron chi connectivity index (χ4n) is 2.53. The van der Waals surface area contributed by atoms with Crippen LogP contribution in [0.25, 0.3) is 11.2 Å². The van der Waals surface area contributed by atoms with Crippen molar-refractivity contribution in [2.45, 2.75) is 6.54 Å². The third-order valence-corrected chi connectivity index (χ3v) is 4.41. The van der Waals surface area contributed by atoms with E-state index in [1.54, 1.807) is 22.8 Å².